The molecule has 0 aliphatic carbocycles. The molecule has 0 aromatic carbocycles. The number of hydrogen-bond acceptors (Lipinski definition) is 6. The maximum absolute atomic E-state index is 13.0. The molecule has 0 unspecified atom stereocenters. The van der Waals surface area contributed by atoms with Crippen LogP contribution in [0.5, 0.6) is 0 Å². The maximum atomic E-state index is 13.0. The van der Waals surface area contributed by atoms with Crippen LogP contribution in [0.4, 0.5) is 0 Å². The average molecular weight is 464 g/mol. The standard InChI is InChI=1S/C18H29N3O5S3/c1-3-13-28(23,24)21-8-4-5-16(14-21)18(22)19-9-11-20(12-10-19)29(25,26)17-7-6-15(2)27-17/h6-7,16H,3-5,8-14H2,1-2H3/t16-/m1/s1. The van der Waals surface area contributed by atoms with Gasteiger partial charge in [-0.05, 0) is 38.3 Å². The van der Waals surface area contributed by atoms with Gasteiger partial charge in [-0.2, -0.15) is 4.31 Å². The van der Waals surface area contributed by atoms with E-state index in [1.807, 2.05) is 13.8 Å². The van der Waals surface area contributed by atoms with Gasteiger partial charge in [-0.1, -0.05) is 6.92 Å². The second kappa shape index (κ2) is 9.01. The smallest absolute Gasteiger partial charge is 0.252 e. The average Bonchev–Trinajstić information content (AvgIpc) is 3.15. The first-order valence-electron chi connectivity index (χ1n) is 9.98. The van der Waals surface area contributed by atoms with E-state index in [0.29, 0.717) is 43.1 Å². The van der Waals surface area contributed by atoms with Crippen molar-refractivity contribution < 1.29 is 21.6 Å². The number of amides is 1. The van der Waals surface area contributed by atoms with Crippen LogP contribution in [0.3, 0.4) is 0 Å². The first-order valence-corrected chi connectivity index (χ1v) is 13.8. The highest BCUT2D eigenvalue weighted by Crippen LogP contribution is 2.26. The Bertz CT molecular complexity index is 934. The zero-order chi connectivity index (χ0) is 21.2. The minimum Gasteiger partial charge on any atom is -0.340 e. The Kier molecular flexibility index (Phi) is 7.04. The number of piperidine rings is 1. The monoisotopic (exact) mass is 463 g/mol. The maximum Gasteiger partial charge on any atom is 0.252 e. The zero-order valence-corrected chi connectivity index (χ0v) is 19.4. The van der Waals surface area contributed by atoms with Crippen molar-refractivity contribution in [2.45, 2.75) is 37.3 Å². The Morgan fingerprint density at radius 1 is 1.07 bits per heavy atom. The summed E-state index contributed by atoms with van der Waals surface area (Å²) in [5.41, 5.74) is 0. The van der Waals surface area contributed by atoms with Gasteiger partial charge in [0, 0.05) is 44.1 Å². The van der Waals surface area contributed by atoms with E-state index in [1.54, 1.807) is 17.0 Å². The van der Waals surface area contributed by atoms with Crippen LogP contribution in [0.1, 0.15) is 31.1 Å². The number of nitrogens with zero attached hydrogens (tertiary/aromatic N) is 3. The molecule has 2 aliphatic rings. The van der Waals surface area contributed by atoms with E-state index in [4.69, 9.17) is 0 Å². The Morgan fingerprint density at radius 3 is 2.34 bits per heavy atom. The van der Waals surface area contributed by atoms with Crippen LogP contribution in [0.2, 0.25) is 0 Å². The molecule has 8 nitrogen and oxygen atoms in total. The third-order valence-electron chi connectivity index (χ3n) is 5.45. The number of carbonyl (C=O) groups excluding carboxylic acids is 1. The topological polar surface area (TPSA) is 95.1 Å². The van der Waals surface area contributed by atoms with E-state index in [-0.39, 0.29) is 37.2 Å². The number of sulfonamides is 2. The summed E-state index contributed by atoms with van der Waals surface area (Å²) in [5.74, 6) is -0.309. The van der Waals surface area contributed by atoms with Gasteiger partial charge in [-0.3, -0.25) is 4.79 Å². The first-order chi connectivity index (χ1) is 13.6. The van der Waals surface area contributed by atoms with Crippen molar-refractivity contribution in [1.29, 1.82) is 0 Å². The van der Waals surface area contributed by atoms with Gasteiger partial charge in [0.25, 0.3) is 10.0 Å². The molecule has 29 heavy (non-hydrogen) atoms. The number of thiophene rings is 1. The number of piperazine rings is 1. The van der Waals surface area contributed by atoms with E-state index in [9.17, 15) is 21.6 Å². The van der Waals surface area contributed by atoms with E-state index < -0.39 is 20.0 Å². The van der Waals surface area contributed by atoms with E-state index in [0.717, 1.165) is 4.88 Å². The molecule has 3 rings (SSSR count). The second-order valence-electron chi connectivity index (χ2n) is 7.61. The molecule has 1 atom stereocenters. The van der Waals surface area contributed by atoms with Crippen LogP contribution in [-0.2, 0) is 24.8 Å². The number of rotatable bonds is 6. The SMILES string of the molecule is CCCS(=O)(=O)N1CCC[C@@H](C(=O)N2CCN(S(=O)(=O)c3ccc(C)s3)CC2)C1. The number of carbonyl (C=O) groups is 1. The summed E-state index contributed by atoms with van der Waals surface area (Å²) in [6, 6.07) is 3.42. The lowest BCUT2D eigenvalue weighted by atomic mass is 9.98. The summed E-state index contributed by atoms with van der Waals surface area (Å²) in [6.45, 7) is 5.59. The van der Waals surface area contributed by atoms with Gasteiger partial charge in [0.1, 0.15) is 4.21 Å². The molecule has 11 heteroatoms. The van der Waals surface area contributed by atoms with Crippen molar-refractivity contribution in [3.63, 3.8) is 0 Å². The molecule has 0 radical (unpaired) electrons. The minimum absolute atomic E-state index is 0.0644. The fourth-order valence-corrected chi connectivity index (χ4v) is 8.32. The van der Waals surface area contributed by atoms with Gasteiger partial charge in [0.15, 0.2) is 0 Å². The number of hydrogen-bond donors (Lipinski definition) is 0. The van der Waals surface area contributed by atoms with Crippen molar-refractivity contribution >= 4 is 37.3 Å². The second-order valence-corrected chi connectivity index (χ2v) is 13.1. The Hall–Kier alpha value is -1.01. The van der Waals surface area contributed by atoms with Gasteiger partial charge in [0.05, 0.1) is 11.7 Å². The Morgan fingerprint density at radius 2 is 1.76 bits per heavy atom. The molecule has 1 amide bonds. The van der Waals surface area contributed by atoms with Crippen molar-refractivity contribution in [2.75, 3.05) is 45.0 Å². The Labute approximate surface area is 177 Å². The van der Waals surface area contributed by atoms with Gasteiger partial charge in [0.2, 0.25) is 15.9 Å². The van der Waals surface area contributed by atoms with Crippen LogP contribution in [-0.4, -0.2) is 81.3 Å². The van der Waals surface area contributed by atoms with Crippen LogP contribution in [0.15, 0.2) is 16.3 Å². The predicted molar refractivity (Wildman–Crippen MR) is 113 cm³/mol. The molecule has 2 saturated heterocycles. The summed E-state index contributed by atoms with van der Waals surface area (Å²) in [7, 11) is -6.83. The molecule has 1 aromatic heterocycles. The van der Waals surface area contributed by atoms with Gasteiger partial charge < -0.3 is 4.90 Å². The molecule has 3 heterocycles. The van der Waals surface area contributed by atoms with Crippen molar-refractivity contribution in [1.82, 2.24) is 13.5 Å². The molecule has 2 fully saturated rings. The van der Waals surface area contributed by atoms with Crippen molar-refractivity contribution in [3.8, 4) is 0 Å². The van der Waals surface area contributed by atoms with E-state index >= 15 is 0 Å². The highest BCUT2D eigenvalue weighted by atomic mass is 32.2. The lowest BCUT2D eigenvalue weighted by Crippen LogP contribution is -2.54. The summed E-state index contributed by atoms with van der Waals surface area (Å²) in [6.07, 6.45) is 1.90. The van der Waals surface area contributed by atoms with E-state index in [2.05, 4.69) is 0 Å². The fraction of sp³-hybridized carbons (Fsp3) is 0.722. The van der Waals surface area contributed by atoms with Gasteiger partial charge in [-0.15, -0.1) is 11.3 Å². The van der Waals surface area contributed by atoms with Gasteiger partial charge in [-0.25, -0.2) is 21.1 Å². The van der Waals surface area contributed by atoms with Crippen LogP contribution >= 0.6 is 11.3 Å². The third-order valence-corrected chi connectivity index (χ3v) is 10.9. The van der Waals surface area contributed by atoms with Crippen molar-refractivity contribution in [3.05, 3.63) is 17.0 Å². The normalized spacial score (nSPS) is 22.7. The van der Waals surface area contributed by atoms with Crippen molar-refractivity contribution in [2.24, 2.45) is 5.92 Å². The van der Waals surface area contributed by atoms with Crippen LogP contribution in [0, 0.1) is 12.8 Å². The predicted octanol–water partition coefficient (Wildman–Crippen LogP) is 1.34. The molecule has 2 aliphatic heterocycles. The quantitative estimate of drug-likeness (QED) is 0.635. The lowest BCUT2D eigenvalue weighted by Gasteiger charge is -2.38. The Balaban J connectivity index is 1.60. The lowest BCUT2D eigenvalue weighted by molar-refractivity contribution is -0.137. The summed E-state index contributed by atoms with van der Waals surface area (Å²) >= 11 is 1.25. The largest absolute Gasteiger partial charge is 0.340 e. The molecular formula is C18H29N3O5S3. The van der Waals surface area contributed by atoms with E-state index in [1.165, 1.54) is 19.9 Å². The van der Waals surface area contributed by atoms with Gasteiger partial charge >= 0.3 is 0 Å². The molecule has 1 aromatic rings. The molecular weight excluding hydrogens is 434 g/mol. The zero-order valence-electron chi connectivity index (χ0n) is 16.9. The molecule has 0 N–H and O–H groups in total. The fourth-order valence-electron chi connectivity index (χ4n) is 3.87. The summed E-state index contributed by atoms with van der Waals surface area (Å²) in [4.78, 5) is 15.6. The molecule has 0 saturated carbocycles. The van der Waals surface area contributed by atoms with Crippen LogP contribution < -0.4 is 0 Å². The molecule has 0 spiro atoms. The third kappa shape index (κ3) is 5.01. The van der Waals surface area contributed by atoms with Crippen LogP contribution in [0.25, 0.3) is 0 Å². The number of aryl methyl sites for hydroxylation is 1. The highest BCUT2D eigenvalue weighted by molar-refractivity contribution is 7.91. The first kappa shape index (κ1) is 22.7. The molecule has 0 bridgehead atoms. The molecule has 164 valence electrons. The minimum atomic E-state index is -3.52. The summed E-state index contributed by atoms with van der Waals surface area (Å²) in [5, 5.41) is 0. The summed E-state index contributed by atoms with van der Waals surface area (Å²) < 4.78 is 53.4. The highest BCUT2D eigenvalue weighted by Gasteiger charge is 2.36.